The van der Waals surface area contributed by atoms with E-state index in [1.54, 1.807) is 0 Å². The number of rotatable bonds is 5. The molecule has 0 heterocycles. The third-order valence-electron chi connectivity index (χ3n) is 3.27. The van der Waals surface area contributed by atoms with E-state index in [4.69, 9.17) is 11.5 Å². The molecule has 0 saturated heterocycles. The summed E-state index contributed by atoms with van der Waals surface area (Å²) in [5.41, 5.74) is 10.4. The number of nitrogens with two attached hydrogens (primary N) is 2. The first-order valence-corrected chi connectivity index (χ1v) is 5.85. The van der Waals surface area contributed by atoms with Crippen molar-refractivity contribution in [3.05, 3.63) is 0 Å². The highest BCUT2D eigenvalue weighted by molar-refractivity contribution is 5.90. The molecule has 1 unspecified atom stereocenters. The van der Waals surface area contributed by atoms with Crippen LogP contribution in [0.4, 0.5) is 8.78 Å². The van der Waals surface area contributed by atoms with Gasteiger partial charge < -0.3 is 11.5 Å². The second-order valence-corrected chi connectivity index (χ2v) is 4.62. The van der Waals surface area contributed by atoms with E-state index in [1.165, 1.54) is 6.42 Å². The molecular weight excluding hydrogens is 214 g/mol. The lowest BCUT2D eigenvalue weighted by Crippen LogP contribution is -2.47. The van der Waals surface area contributed by atoms with Gasteiger partial charge in [0.1, 0.15) is 0 Å². The molecule has 1 aliphatic rings. The fraction of sp³-hybridized carbons (Fsp3) is 0.909. The molecule has 0 spiro atoms. The topological polar surface area (TPSA) is 69.1 Å². The quantitative estimate of drug-likeness (QED) is 0.756. The minimum Gasteiger partial charge on any atom is -0.325 e. The molecule has 5 heteroatoms. The van der Waals surface area contributed by atoms with Crippen LogP contribution >= 0.6 is 0 Å². The maximum Gasteiger partial charge on any atom is 0.318 e. The van der Waals surface area contributed by atoms with Crippen molar-refractivity contribution in [2.45, 2.75) is 50.5 Å². The van der Waals surface area contributed by atoms with Crippen molar-refractivity contribution in [3.63, 3.8) is 0 Å². The minimum atomic E-state index is -3.46. The number of alkyl halides is 2. The van der Waals surface area contributed by atoms with Crippen molar-refractivity contribution >= 4 is 5.78 Å². The average Bonchev–Trinajstić information content (AvgIpc) is 2.29. The van der Waals surface area contributed by atoms with Gasteiger partial charge in [-0.15, -0.1) is 0 Å². The molecule has 0 aliphatic heterocycles. The summed E-state index contributed by atoms with van der Waals surface area (Å²) in [7, 11) is 0. The van der Waals surface area contributed by atoms with E-state index >= 15 is 0 Å². The summed E-state index contributed by atoms with van der Waals surface area (Å²) in [5, 5.41) is 0. The molecule has 1 atom stereocenters. The van der Waals surface area contributed by atoms with Crippen LogP contribution in [-0.4, -0.2) is 24.3 Å². The Kier molecular flexibility index (Phi) is 4.80. The number of carbonyl (C=O) groups is 1. The molecule has 0 amide bonds. The normalized spacial score (nSPS) is 20.8. The van der Waals surface area contributed by atoms with Crippen molar-refractivity contribution in [3.8, 4) is 0 Å². The molecule has 1 aliphatic carbocycles. The van der Waals surface area contributed by atoms with Gasteiger partial charge in [-0.2, -0.15) is 8.78 Å². The third kappa shape index (κ3) is 3.49. The van der Waals surface area contributed by atoms with Gasteiger partial charge in [-0.3, -0.25) is 4.79 Å². The fourth-order valence-electron chi connectivity index (χ4n) is 2.26. The molecule has 0 aromatic heterocycles. The van der Waals surface area contributed by atoms with E-state index in [2.05, 4.69) is 0 Å². The van der Waals surface area contributed by atoms with Crippen LogP contribution in [0.2, 0.25) is 0 Å². The van der Waals surface area contributed by atoms with Crippen LogP contribution < -0.4 is 11.5 Å². The molecule has 94 valence electrons. The first-order chi connectivity index (χ1) is 7.47. The second kappa shape index (κ2) is 5.68. The second-order valence-electron chi connectivity index (χ2n) is 4.62. The Labute approximate surface area is 94.6 Å². The predicted molar refractivity (Wildman–Crippen MR) is 58.2 cm³/mol. The van der Waals surface area contributed by atoms with E-state index in [0.29, 0.717) is 12.3 Å². The fourth-order valence-corrected chi connectivity index (χ4v) is 2.26. The molecule has 3 nitrogen and oxygen atoms in total. The Morgan fingerprint density at radius 1 is 1.31 bits per heavy atom. The largest absolute Gasteiger partial charge is 0.325 e. The molecule has 4 N–H and O–H groups in total. The van der Waals surface area contributed by atoms with Crippen LogP contribution in [-0.2, 0) is 4.79 Å². The van der Waals surface area contributed by atoms with Crippen molar-refractivity contribution in [1.29, 1.82) is 0 Å². The smallest absolute Gasteiger partial charge is 0.318 e. The Morgan fingerprint density at radius 3 is 2.38 bits per heavy atom. The van der Waals surface area contributed by atoms with Gasteiger partial charge in [-0.25, -0.2) is 0 Å². The van der Waals surface area contributed by atoms with Gasteiger partial charge in [-0.1, -0.05) is 32.1 Å². The Balaban J connectivity index is 2.44. The number of carbonyl (C=O) groups excluding carboxylic acids is 1. The van der Waals surface area contributed by atoms with Crippen LogP contribution in [0.25, 0.3) is 0 Å². The monoisotopic (exact) mass is 234 g/mol. The third-order valence-corrected chi connectivity index (χ3v) is 3.27. The Morgan fingerprint density at radius 2 is 1.88 bits per heavy atom. The molecule has 0 aromatic carbocycles. The van der Waals surface area contributed by atoms with E-state index in [-0.39, 0.29) is 0 Å². The highest BCUT2D eigenvalue weighted by Crippen LogP contribution is 2.28. The summed E-state index contributed by atoms with van der Waals surface area (Å²) < 4.78 is 26.0. The summed E-state index contributed by atoms with van der Waals surface area (Å²) in [6.07, 6.45) is 5.77. The molecule has 1 fully saturated rings. The van der Waals surface area contributed by atoms with Gasteiger partial charge in [0, 0.05) is 0 Å². The van der Waals surface area contributed by atoms with Gasteiger partial charge >= 0.3 is 5.92 Å². The predicted octanol–water partition coefficient (Wildman–Crippen LogP) is 1.45. The van der Waals surface area contributed by atoms with Crippen molar-refractivity contribution < 1.29 is 13.6 Å². The van der Waals surface area contributed by atoms with Crippen LogP contribution in [0.5, 0.6) is 0 Å². The number of halogens is 2. The zero-order valence-electron chi connectivity index (χ0n) is 9.42. The summed E-state index contributed by atoms with van der Waals surface area (Å²) >= 11 is 0. The SMILES string of the molecule is NCC(F)(F)C(=O)C(N)CC1CCCCC1. The zero-order chi connectivity index (χ0) is 12.2. The standard InChI is InChI=1S/C11H20F2N2O/c12-11(13,7-14)10(16)9(15)6-8-4-2-1-3-5-8/h8-9H,1-7,14-15H2. The number of hydrogen-bond donors (Lipinski definition) is 2. The van der Waals surface area contributed by atoms with E-state index < -0.39 is 24.3 Å². The number of ketones is 1. The molecule has 16 heavy (non-hydrogen) atoms. The highest BCUT2D eigenvalue weighted by atomic mass is 19.3. The summed E-state index contributed by atoms with van der Waals surface area (Å²) in [6, 6.07) is -1.07. The van der Waals surface area contributed by atoms with Gasteiger partial charge in [0.05, 0.1) is 12.6 Å². The lowest BCUT2D eigenvalue weighted by molar-refractivity contribution is -0.143. The molecule has 0 radical (unpaired) electrons. The molecule has 0 aromatic rings. The van der Waals surface area contributed by atoms with Crippen LogP contribution in [0.15, 0.2) is 0 Å². The van der Waals surface area contributed by atoms with Crippen LogP contribution in [0.1, 0.15) is 38.5 Å². The molecular formula is C11H20F2N2O. The lowest BCUT2D eigenvalue weighted by Gasteiger charge is -2.25. The molecule has 1 saturated carbocycles. The van der Waals surface area contributed by atoms with Crippen LogP contribution in [0, 0.1) is 5.92 Å². The van der Waals surface area contributed by atoms with Crippen molar-refractivity contribution in [1.82, 2.24) is 0 Å². The summed E-state index contributed by atoms with van der Waals surface area (Å²) in [4.78, 5) is 11.3. The van der Waals surface area contributed by atoms with Gasteiger partial charge in [0.2, 0.25) is 5.78 Å². The van der Waals surface area contributed by atoms with Crippen molar-refractivity contribution in [2.75, 3.05) is 6.54 Å². The maximum absolute atomic E-state index is 13.0. The summed E-state index contributed by atoms with van der Waals surface area (Å²) in [5.74, 6) is -4.35. The maximum atomic E-state index is 13.0. The molecule has 0 bridgehead atoms. The number of Topliss-reactive ketones (excluding diaryl/α,β-unsaturated/α-hetero) is 1. The van der Waals surface area contributed by atoms with Crippen LogP contribution in [0.3, 0.4) is 0 Å². The zero-order valence-corrected chi connectivity index (χ0v) is 9.42. The van der Waals surface area contributed by atoms with E-state index in [1.807, 2.05) is 0 Å². The average molecular weight is 234 g/mol. The number of hydrogen-bond acceptors (Lipinski definition) is 3. The van der Waals surface area contributed by atoms with Crippen molar-refractivity contribution in [2.24, 2.45) is 17.4 Å². The lowest BCUT2D eigenvalue weighted by atomic mass is 9.83. The summed E-state index contributed by atoms with van der Waals surface area (Å²) in [6.45, 7) is -0.954. The molecule has 1 rings (SSSR count). The first kappa shape index (κ1) is 13.5. The Bertz CT molecular complexity index is 240. The van der Waals surface area contributed by atoms with Gasteiger partial charge in [-0.05, 0) is 12.3 Å². The Hall–Kier alpha value is -0.550. The van der Waals surface area contributed by atoms with Gasteiger partial charge in [0.25, 0.3) is 0 Å². The van der Waals surface area contributed by atoms with E-state index in [0.717, 1.165) is 25.7 Å². The van der Waals surface area contributed by atoms with E-state index in [9.17, 15) is 13.6 Å². The minimum absolute atomic E-state index is 0.321. The first-order valence-electron chi connectivity index (χ1n) is 5.85. The van der Waals surface area contributed by atoms with Gasteiger partial charge in [0.15, 0.2) is 0 Å². The highest BCUT2D eigenvalue weighted by Gasteiger charge is 2.40.